The molecule has 0 N–H and O–H groups in total. The van der Waals surface area contributed by atoms with Crippen LogP contribution < -0.4 is 9.47 Å². The van der Waals surface area contributed by atoms with Crippen molar-refractivity contribution in [3.05, 3.63) is 85.6 Å². The Labute approximate surface area is 177 Å². The van der Waals surface area contributed by atoms with Crippen molar-refractivity contribution in [2.75, 3.05) is 20.8 Å². The Morgan fingerprint density at radius 2 is 1.87 bits per heavy atom. The summed E-state index contributed by atoms with van der Waals surface area (Å²) in [5, 5.41) is 13.4. The summed E-state index contributed by atoms with van der Waals surface area (Å²) in [7, 11) is 3.16. The zero-order valence-electron chi connectivity index (χ0n) is 16.5. The van der Waals surface area contributed by atoms with Crippen LogP contribution in [0.2, 0.25) is 0 Å². The number of fused-ring (bicyclic) bond motifs is 1. The molecule has 8 heteroatoms. The SMILES string of the molecule is COc1cc2c(cc1OC)C(c1cccs1)N(C(=O)c1ccccc1[N+](=O)[O-])CC2. The van der Waals surface area contributed by atoms with Crippen LogP contribution >= 0.6 is 11.3 Å². The third kappa shape index (κ3) is 3.39. The third-order valence-electron chi connectivity index (χ3n) is 5.28. The van der Waals surface area contributed by atoms with Crippen LogP contribution in [0.15, 0.2) is 53.9 Å². The molecule has 0 radical (unpaired) electrons. The molecule has 0 saturated carbocycles. The van der Waals surface area contributed by atoms with Gasteiger partial charge >= 0.3 is 0 Å². The first-order valence-electron chi connectivity index (χ1n) is 9.37. The summed E-state index contributed by atoms with van der Waals surface area (Å²) >= 11 is 1.54. The molecule has 0 aliphatic carbocycles. The molecular formula is C22H20N2O5S. The van der Waals surface area contributed by atoms with Crippen molar-refractivity contribution >= 4 is 22.9 Å². The first kappa shape index (κ1) is 19.9. The van der Waals surface area contributed by atoms with Crippen molar-refractivity contribution in [1.82, 2.24) is 4.90 Å². The quantitative estimate of drug-likeness (QED) is 0.446. The highest BCUT2D eigenvalue weighted by Gasteiger charge is 2.36. The van der Waals surface area contributed by atoms with E-state index in [2.05, 4.69) is 0 Å². The van der Waals surface area contributed by atoms with E-state index in [0.717, 1.165) is 16.0 Å². The van der Waals surface area contributed by atoms with Gasteiger partial charge in [-0.25, -0.2) is 0 Å². The van der Waals surface area contributed by atoms with E-state index >= 15 is 0 Å². The van der Waals surface area contributed by atoms with Gasteiger partial charge in [-0.15, -0.1) is 11.3 Å². The predicted octanol–water partition coefficient (Wildman–Crippen LogP) is 4.46. The number of rotatable bonds is 5. The topological polar surface area (TPSA) is 81.9 Å². The minimum absolute atomic E-state index is 0.0907. The van der Waals surface area contributed by atoms with Gasteiger partial charge in [-0.1, -0.05) is 18.2 Å². The van der Waals surface area contributed by atoms with Gasteiger partial charge in [-0.3, -0.25) is 14.9 Å². The fraction of sp³-hybridized carbons (Fsp3) is 0.227. The van der Waals surface area contributed by atoms with E-state index in [0.29, 0.717) is 24.5 Å². The molecule has 2 aromatic carbocycles. The molecule has 30 heavy (non-hydrogen) atoms. The van der Waals surface area contributed by atoms with E-state index in [1.807, 2.05) is 29.6 Å². The molecule has 4 rings (SSSR count). The van der Waals surface area contributed by atoms with Crippen molar-refractivity contribution < 1.29 is 19.2 Å². The molecule has 1 unspecified atom stereocenters. The number of thiophene rings is 1. The number of para-hydroxylation sites is 1. The summed E-state index contributed by atoms with van der Waals surface area (Å²) in [4.78, 5) is 27.1. The Kier molecular flexibility index (Phi) is 5.41. The van der Waals surface area contributed by atoms with Gasteiger partial charge in [-0.05, 0) is 47.2 Å². The number of benzene rings is 2. The molecule has 1 amide bonds. The minimum Gasteiger partial charge on any atom is -0.493 e. The molecule has 2 heterocycles. The van der Waals surface area contributed by atoms with Crippen molar-refractivity contribution in [3.63, 3.8) is 0 Å². The summed E-state index contributed by atoms with van der Waals surface area (Å²) in [6.45, 7) is 0.440. The fourth-order valence-corrected chi connectivity index (χ4v) is 4.74. The Morgan fingerprint density at radius 1 is 1.13 bits per heavy atom. The second kappa shape index (κ2) is 8.16. The predicted molar refractivity (Wildman–Crippen MR) is 114 cm³/mol. The molecule has 154 valence electrons. The molecule has 0 spiro atoms. The summed E-state index contributed by atoms with van der Waals surface area (Å²) in [5.74, 6) is 0.860. The van der Waals surface area contributed by atoms with E-state index in [-0.39, 0.29) is 23.2 Å². The highest BCUT2D eigenvalue weighted by atomic mass is 32.1. The second-order valence-corrected chi connectivity index (χ2v) is 7.83. The number of amides is 1. The minimum atomic E-state index is -0.515. The van der Waals surface area contributed by atoms with Crippen molar-refractivity contribution in [1.29, 1.82) is 0 Å². The lowest BCUT2D eigenvalue weighted by molar-refractivity contribution is -0.385. The first-order chi connectivity index (χ1) is 14.5. The van der Waals surface area contributed by atoms with E-state index in [1.165, 1.54) is 12.1 Å². The number of nitrogens with zero attached hydrogens (tertiary/aromatic N) is 2. The summed E-state index contributed by atoms with van der Waals surface area (Å²) in [5.41, 5.74) is 1.91. The number of nitro benzene ring substituents is 1. The van der Waals surface area contributed by atoms with Gasteiger partial charge in [-0.2, -0.15) is 0 Å². The second-order valence-electron chi connectivity index (χ2n) is 6.85. The van der Waals surface area contributed by atoms with Gasteiger partial charge in [0, 0.05) is 17.5 Å². The molecule has 1 atom stereocenters. The lowest BCUT2D eigenvalue weighted by Crippen LogP contribution is -2.40. The lowest BCUT2D eigenvalue weighted by Gasteiger charge is -2.37. The number of hydrogen-bond acceptors (Lipinski definition) is 6. The van der Waals surface area contributed by atoms with Gasteiger partial charge < -0.3 is 14.4 Å². The van der Waals surface area contributed by atoms with Crippen molar-refractivity contribution in [2.45, 2.75) is 12.5 Å². The summed E-state index contributed by atoms with van der Waals surface area (Å²) in [6, 6.07) is 13.5. The number of hydrogen-bond donors (Lipinski definition) is 0. The third-order valence-corrected chi connectivity index (χ3v) is 6.20. The number of carbonyl (C=O) groups is 1. The highest BCUT2D eigenvalue weighted by molar-refractivity contribution is 7.10. The van der Waals surface area contributed by atoms with Crippen LogP contribution in [-0.2, 0) is 6.42 Å². The molecule has 3 aromatic rings. The molecular weight excluding hydrogens is 404 g/mol. The zero-order valence-corrected chi connectivity index (χ0v) is 17.3. The number of methoxy groups -OCH3 is 2. The largest absolute Gasteiger partial charge is 0.493 e. The maximum absolute atomic E-state index is 13.5. The van der Waals surface area contributed by atoms with Gasteiger partial charge in [0.15, 0.2) is 11.5 Å². The van der Waals surface area contributed by atoms with Crippen LogP contribution in [0.5, 0.6) is 11.5 Å². The molecule has 7 nitrogen and oxygen atoms in total. The maximum Gasteiger partial charge on any atom is 0.282 e. The summed E-state index contributed by atoms with van der Waals surface area (Å²) < 4.78 is 10.9. The number of ether oxygens (including phenoxy) is 2. The van der Waals surface area contributed by atoms with E-state index in [9.17, 15) is 14.9 Å². The molecule has 0 bridgehead atoms. The Hall–Kier alpha value is -3.39. The summed E-state index contributed by atoms with van der Waals surface area (Å²) in [6.07, 6.45) is 0.615. The molecule has 1 aliphatic rings. The number of nitro groups is 1. The molecule has 1 aliphatic heterocycles. The normalized spacial score (nSPS) is 15.4. The van der Waals surface area contributed by atoms with Crippen molar-refractivity contribution in [2.24, 2.45) is 0 Å². The smallest absolute Gasteiger partial charge is 0.282 e. The van der Waals surface area contributed by atoms with Gasteiger partial charge in [0.05, 0.1) is 25.2 Å². The Bertz CT molecular complexity index is 1100. The van der Waals surface area contributed by atoms with Crippen LogP contribution in [0.25, 0.3) is 0 Å². The van der Waals surface area contributed by atoms with E-state index in [1.54, 1.807) is 42.6 Å². The maximum atomic E-state index is 13.5. The molecule has 0 saturated heterocycles. The van der Waals surface area contributed by atoms with Crippen LogP contribution in [0.4, 0.5) is 5.69 Å². The standard InChI is InChI=1S/C22H20N2O5S/c1-28-18-12-14-9-10-23(22(25)15-6-3-4-7-17(15)24(26)27)21(20-8-5-11-30-20)16(14)13-19(18)29-2/h3-8,11-13,21H,9-10H2,1-2H3. The van der Waals surface area contributed by atoms with E-state index in [4.69, 9.17) is 9.47 Å². The average molecular weight is 424 g/mol. The van der Waals surface area contributed by atoms with Crippen LogP contribution in [0.1, 0.15) is 32.4 Å². The van der Waals surface area contributed by atoms with Gasteiger partial charge in [0.1, 0.15) is 5.56 Å². The van der Waals surface area contributed by atoms with E-state index < -0.39 is 4.92 Å². The molecule has 0 fully saturated rings. The average Bonchev–Trinajstić information content (AvgIpc) is 3.31. The zero-order chi connectivity index (χ0) is 21.3. The van der Waals surface area contributed by atoms with Gasteiger partial charge in [0.2, 0.25) is 0 Å². The van der Waals surface area contributed by atoms with Crippen LogP contribution in [0.3, 0.4) is 0 Å². The Balaban J connectivity index is 1.84. The Morgan fingerprint density at radius 3 is 2.53 bits per heavy atom. The monoisotopic (exact) mass is 424 g/mol. The fourth-order valence-electron chi connectivity index (χ4n) is 3.89. The highest BCUT2D eigenvalue weighted by Crippen LogP contribution is 2.43. The van der Waals surface area contributed by atoms with Crippen LogP contribution in [-0.4, -0.2) is 36.5 Å². The lowest BCUT2D eigenvalue weighted by atomic mass is 9.90. The first-order valence-corrected chi connectivity index (χ1v) is 10.3. The number of carbonyl (C=O) groups excluding carboxylic acids is 1. The van der Waals surface area contributed by atoms with Crippen molar-refractivity contribution in [3.8, 4) is 11.5 Å². The van der Waals surface area contributed by atoms with Gasteiger partial charge in [0.25, 0.3) is 11.6 Å². The molecule has 1 aromatic heterocycles. The van der Waals surface area contributed by atoms with Crippen LogP contribution in [0, 0.1) is 10.1 Å².